The van der Waals surface area contributed by atoms with E-state index >= 15 is 0 Å². The van der Waals surface area contributed by atoms with Crippen molar-refractivity contribution < 1.29 is 80.2 Å². The molecular formula is C40H76O17P2. The van der Waals surface area contributed by atoms with E-state index in [0.717, 1.165) is 96.3 Å². The van der Waals surface area contributed by atoms with Crippen molar-refractivity contribution in [2.75, 3.05) is 39.6 Å². The van der Waals surface area contributed by atoms with Crippen LogP contribution in [0.4, 0.5) is 0 Å². The molecule has 17 nitrogen and oxygen atoms in total. The van der Waals surface area contributed by atoms with Crippen LogP contribution in [0.3, 0.4) is 0 Å². The lowest BCUT2D eigenvalue weighted by Gasteiger charge is -2.21. The van der Waals surface area contributed by atoms with E-state index in [1.807, 2.05) is 6.92 Å². The number of hydrogen-bond donors (Lipinski definition) is 3. The molecule has 0 aromatic rings. The Morgan fingerprint density at radius 3 is 1.05 bits per heavy atom. The van der Waals surface area contributed by atoms with Gasteiger partial charge < -0.3 is 33.8 Å². The zero-order valence-corrected chi connectivity index (χ0v) is 38.0. The molecule has 0 aliphatic rings. The first-order valence-electron chi connectivity index (χ1n) is 21.8. The molecule has 0 fully saturated rings. The van der Waals surface area contributed by atoms with Crippen LogP contribution in [-0.2, 0) is 65.4 Å². The average Bonchev–Trinajstić information content (AvgIpc) is 3.20. The first-order chi connectivity index (χ1) is 28.2. The normalized spacial score (nSPS) is 15.0. The number of ether oxygens (including phenoxy) is 4. The summed E-state index contributed by atoms with van der Waals surface area (Å²) in [5.41, 5.74) is 0. The minimum Gasteiger partial charge on any atom is -0.462 e. The van der Waals surface area contributed by atoms with Crippen molar-refractivity contribution in [2.24, 2.45) is 0 Å². The number of esters is 4. The Bertz CT molecular complexity index is 1200. The standard InChI is InChI=1S/C40H76O17P2/c1-5-9-13-16-19-22-26-38(43)51-31-36(57-40(45)27-23-20-17-14-10-6-2)33-55-59(48,49)53-29-34(41)28-52-58(46,47)54-32-35(56-39(44)24-12-8-4)30-50-37(42)25-21-18-15-11-7-3/h34-36,41H,5-33H2,1-4H3,(H,46,47)(H,48,49)/t34-,35+,36+/m0/s1. The van der Waals surface area contributed by atoms with Crippen LogP contribution in [0, 0.1) is 0 Å². The maximum absolute atomic E-state index is 12.6. The summed E-state index contributed by atoms with van der Waals surface area (Å²) >= 11 is 0. The van der Waals surface area contributed by atoms with Gasteiger partial charge in [0.05, 0.1) is 26.4 Å². The van der Waals surface area contributed by atoms with Crippen LogP contribution in [0.5, 0.6) is 0 Å². The monoisotopic (exact) mass is 890 g/mol. The molecule has 0 aromatic heterocycles. The molecule has 348 valence electrons. The minimum atomic E-state index is -4.90. The van der Waals surface area contributed by atoms with E-state index in [1.165, 1.54) is 0 Å². The predicted octanol–water partition coefficient (Wildman–Crippen LogP) is 8.58. The van der Waals surface area contributed by atoms with E-state index in [-0.39, 0.29) is 25.7 Å². The molecule has 0 spiro atoms. The Kier molecular flexibility index (Phi) is 35.5. The number of aliphatic hydroxyl groups excluding tert-OH is 1. The Morgan fingerprint density at radius 2 is 0.695 bits per heavy atom. The van der Waals surface area contributed by atoms with Crippen molar-refractivity contribution in [2.45, 2.75) is 194 Å². The van der Waals surface area contributed by atoms with Crippen molar-refractivity contribution >= 4 is 39.5 Å². The molecule has 0 amide bonds. The summed E-state index contributed by atoms with van der Waals surface area (Å²) in [6.45, 7) is 4.20. The molecule has 59 heavy (non-hydrogen) atoms. The lowest BCUT2D eigenvalue weighted by Crippen LogP contribution is -2.30. The van der Waals surface area contributed by atoms with Gasteiger partial charge in [-0.2, -0.15) is 0 Å². The summed E-state index contributed by atoms with van der Waals surface area (Å²) < 4.78 is 65.9. The molecule has 0 saturated carbocycles. The van der Waals surface area contributed by atoms with Gasteiger partial charge in [-0.25, -0.2) is 9.13 Å². The largest absolute Gasteiger partial charge is 0.472 e. The van der Waals surface area contributed by atoms with Crippen molar-refractivity contribution in [1.82, 2.24) is 0 Å². The number of carbonyl (C=O) groups excluding carboxylic acids is 4. The number of unbranched alkanes of at least 4 members (excludes halogenated alkanes) is 15. The molecule has 19 heteroatoms. The Hall–Kier alpha value is -1.94. The second kappa shape index (κ2) is 36.7. The Labute approximate surface area is 352 Å². The van der Waals surface area contributed by atoms with E-state index < -0.39 is 97.5 Å². The van der Waals surface area contributed by atoms with Gasteiger partial charge in [-0.15, -0.1) is 0 Å². The lowest BCUT2D eigenvalue weighted by molar-refractivity contribution is -0.161. The first kappa shape index (κ1) is 57.1. The van der Waals surface area contributed by atoms with Crippen LogP contribution < -0.4 is 0 Å². The second-order valence-corrected chi connectivity index (χ2v) is 17.6. The fourth-order valence-electron chi connectivity index (χ4n) is 5.37. The van der Waals surface area contributed by atoms with Crippen molar-refractivity contribution in [3.05, 3.63) is 0 Å². The summed E-state index contributed by atoms with van der Waals surface area (Å²) in [6, 6.07) is 0. The topological polar surface area (TPSA) is 237 Å². The third-order valence-electron chi connectivity index (χ3n) is 8.85. The van der Waals surface area contributed by atoms with Gasteiger partial charge in [0, 0.05) is 25.7 Å². The van der Waals surface area contributed by atoms with Crippen molar-refractivity contribution in [3.8, 4) is 0 Å². The van der Waals surface area contributed by atoms with E-state index in [0.29, 0.717) is 25.7 Å². The molecule has 0 bridgehead atoms. The lowest BCUT2D eigenvalue weighted by atomic mass is 10.1. The van der Waals surface area contributed by atoms with Crippen LogP contribution >= 0.6 is 15.6 Å². The van der Waals surface area contributed by atoms with Crippen LogP contribution in [0.15, 0.2) is 0 Å². The number of rotatable bonds is 41. The number of phosphoric ester groups is 2. The molecule has 2 unspecified atom stereocenters. The summed E-state index contributed by atoms with van der Waals surface area (Å²) in [6.07, 6.45) is 13.7. The zero-order valence-electron chi connectivity index (χ0n) is 36.2. The highest BCUT2D eigenvalue weighted by atomic mass is 31.2. The highest BCUT2D eigenvalue weighted by molar-refractivity contribution is 7.47. The highest BCUT2D eigenvalue weighted by Crippen LogP contribution is 2.45. The summed E-state index contributed by atoms with van der Waals surface area (Å²) in [7, 11) is -9.79. The predicted molar refractivity (Wildman–Crippen MR) is 220 cm³/mol. The van der Waals surface area contributed by atoms with Gasteiger partial charge in [-0.3, -0.25) is 37.3 Å². The van der Waals surface area contributed by atoms with Gasteiger partial charge in [0.15, 0.2) is 12.2 Å². The van der Waals surface area contributed by atoms with Gasteiger partial charge in [0.1, 0.15) is 19.3 Å². The van der Waals surface area contributed by atoms with Gasteiger partial charge >= 0.3 is 39.5 Å². The molecule has 0 aromatic carbocycles. The number of aliphatic hydroxyl groups is 1. The Balaban J connectivity index is 5.05. The second-order valence-electron chi connectivity index (χ2n) is 14.7. The van der Waals surface area contributed by atoms with E-state index in [1.54, 1.807) is 0 Å². The molecule has 0 rings (SSSR count). The first-order valence-corrected chi connectivity index (χ1v) is 24.8. The molecule has 0 aliphatic heterocycles. The summed E-state index contributed by atoms with van der Waals surface area (Å²) in [5, 5.41) is 10.3. The van der Waals surface area contributed by atoms with Crippen LogP contribution in [0.25, 0.3) is 0 Å². The van der Waals surface area contributed by atoms with Gasteiger partial charge in [0.25, 0.3) is 0 Å². The average molecular weight is 891 g/mol. The summed E-state index contributed by atoms with van der Waals surface area (Å²) in [4.78, 5) is 69.7. The smallest absolute Gasteiger partial charge is 0.462 e. The van der Waals surface area contributed by atoms with Gasteiger partial charge in [-0.1, -0.05) is 124 Å². The zero-order chi connectivity index (χ0) is 44.2. The van der Waals surface area contributed by atoms with Crippen LogP contribution in [-0.4, -0.2) is 96.7 Å². The van der Waals surface area contributed by atoms with E-state index in [2.05, 4.69) is 20.8 Å². The van der Waals surface area contributed by atoms with E-state index in [9.17, 15) is 43.2 Å². The maximum Gasteiger partial charge on any atom is 0.472 e. The molecule has 0 heterocycles. The fourth-order valence-corrected chi connectivity index (χ4v) is 6.95. The minimum absolute atomic E-state index is 0.0775. The molecule has 0 saturated heterocycles. The third-order valence-corrected chi connectivity index (χ3v) is 10.8. The maximum atomic E-state index is 12.6. The SMILES string of the molecule is CCCCCCCCC(=O)OC[C@H](COP(=O)(O)OC[C@@H](O)COP(=O)(O)OC[C@@H](COC(=O)CCCCCCC)OC(=O)CCCC)OC(=O)CCCCCCCC. The van der Waals surface area contributed by atoms with Crippen LogP contribution in [0.2, 0.25) is 0 Å². The summed E-state index contributed by atoms with van der Waals surface area (Å²) in [5.74, 6) is -2.23. The fraction of sp³-hybridized carbons (Fsp3) is 0.900. The molecule has 0 aliphatic carbocycles. The van der Waals surface area contributed by atoms with Crippen LogP contribution in [0.1, 0.15) is 175 Å². The van der Waals surface area contributed by atoms with Gasteiger partial charge in [-0.05, 0) is 25.7 Å². The molecular weight excluding hydrogens is 814 g/mol. The van der Waals surface area contributed by atoms with Gasteiger partial charge in [0.2, 0.25) is 0 Å². The highest BCUT2D eigenvalue weighted by Gasteiger charge is 2.30. The third kappa shape index (κ3) is 36.4. The number of hydrogen-bond acceptors (Lipinski definition) is 15. The quantitative estimate of drug-likeness (QED) is 0.0225. The van der Waals surface area contributed by atoms with E-state index in [4.69, 9.17) is 37.0 Å². The number of carbonyl (C=O) groups is 4. The van der Waals surface area contributed by atoms with Crippen molar-refractivity contribution in [1.29, 1.82) is 0 Å². The number of phosphoric acid groups is 2. The molecule has 0 radical (unpaired) electrons. The Morgan fingerprint density at radius 1 is 0.407 bits per heavy atom. The molecule has 3 N–H and O–H groups in total. The van der Waals surface area contributed by atoms with Crippen molar-refractivity contribution in [3.63, 3.8) is 0 Å². The molecule has 5 atom stereocenters.